The van der Waals surface area contributed by atoms with Crippen molar-refractivity contribution in [1.29, 1.82) is 0 Å². The number of β-amino-alcohol motifs (C(OH)–C–C–N with tert-alkyl or cyclic N) is 2. The van der Waals surface area contributed by atoms with Crippen LogP contribution in [0.3, 0.4) is 0 Å². The Kier molecular flexibility index (Phi) is 26.7. The van der Waals surface area contributed by atoms with Crippen LogP contribution in [0, 0.1) is 13.8 Å². The third-order valence-electron chi connectivity index (χ3n) is 13.8. The summed E-state index contributed by atoms with van der Waals surface area (Å²) in [7, 11) is -9.15. The fourth-order valence-electron chi connectivity index (χ4n) is 9.27. The summed E-state index contributed by atoms with van der Waals surface area (Å²) < 4.78 is 104. The molecule has 0 aliphatic carbocycles. The molecule has 2 aromatic carbocycles. The Hall–Kier alpha value is -7.23. The molecule has 88 heavy (non-hydrogen) atoms. The molecule has 1 aliphatic rings. The number of benzene rings is 2. The lowest BCUT2D eigenvalue weighted by Crippen LogP contribution is -2.58. The number of hydrogen-bond acceptors (Lipinski definition) is 22. The number of rotatable bonds is 30. The molecule has 1 aliphatic heterocycles. The summed E-state index contributed by atoms with van der Waals surface area (Å²) >= 11 is 0. The number of nitrogens with one attached hydrogen (secondary N) is 8. The van der Waals surface area contributed by atoms with Gasteiger partial charge in [-0.3, -0.25) is 52.5 Å². The number of carboxylic acid groups (broad SMARTS) is 1. The maximum atomic E-state index is 13.7. The number of aliphatic hydroxyl groups excluding tert-OH is 1. The van der Waals surface area contributed by atoms with Crippen LogP contribution in [0.25, 0.3) is 10.9 Å². The van der Waals surface area contributed by atoms with Crippen molar-refractivity contribution in [2.24, 2.45) is 7.05 Å². The Bertz CT molecular complexity index is 3480. The van der Waals surface area contributed by atoms with Crippen molar-refractivity contribution in [1.82, 2.24) is 65.4 Å². The molecule has 1 fully saturated rings. The van der Waals surface area contributed by atoms with Crippen molar-refractivity contribution in [3.63, 3.8) is 0 Å². The molecule has 3 heterocycles. The second kappa shape index (κ2) is 32.8. The van der Waals surface area contributed by atoms with Gasteiger partial charge in [0.1, 0.15) is 40.9 Å². The molecule has 2 aromatic heterocycles. The molecule has 5 rings (SSSR count). The highest BCUT2D eigenvalue weighted by molar-refractivity contribution is 7.89. The van der Waals surface area contributed by atoms with E-state index in [0.717, 1.165) is 5.56 Å². The number of aliphatic hydroxyl groups is 2. The lowest BCUT2D eigenvalue weighted by Gasteiger charge is -2.32. The topological polar surface area (TPSA) is 463 Å². The number of pyridine rings is 1. The number of carboxylic acids is 1. The van der Waals surface area contributed by atoms with Crippen molar-refractivity contribution in [2.45, 2.75) is 62.5 Å². The highest BCUT2D eigenvalue weighted by Crippen LogP contribution is 2.26. The average molecular weight is 1300 g/mol. The van der Waals surface area contributed by atoms with Gasteiger partial charge in [-0.25, -0.2) is 13.4 Å². The lowest BCUT2D eigenvalue weighted by atomic mass is 10.1. The summed E-state index contributed by atoms with van der Waals surface area (Å²) in [5.74, 6) is -8.67. The van der Waals surface area contributed by atoms with Crippen LogP contribution < -0.4 is 46.8 Å². The van der Waals surface area contributed by atoms with E-state index in [1.165, 1.54) is 32.2 Å². The number of sulfonamides is 1. The van der Waals surface area contributed by atoms with Crippen molar-refractivity contribution >= 4 is 82.6 Å². The quantitative estimate of drug-likeness (QED) is 0.0133. The minimum Gasteiger partial charge on any atom is -0.494 e. The summed E-state index contributed by atoms with van der Waals surface area (Å²) in [6, 6.07) is 1.75. The molecule has 0 spiro atoms. The Balaban J connectivity index is 1.09. The molecule has 13 N–H and O–H groups in total. The number of fused-ring (bicyclic) bond motifs is 1. The van der Waals surface area contributed by atoms with Crippen LogP contribution in [0.2, 0.25) is 0 Å². The SMILES string of the molecule is Cc1cc(OCCCC(=O)NCCNC(=O)C(CS(=O)(=O)O)NC(=O)C(CS(=O)(=O)O)NC(=O)CN2CCN(C)CCN(C)CCN(CC(O)O)CC2)cc(C)c1S(=O)(=O)NC(CNC(=O)c1cn(C)c2cc(CNc3ncc[nH]3)ccc2c1=O)C(=O)O. The maximum Gasteiger partial charge on any atom is 0.323 e. The number of aromatic amines is 1. The van der Waals surface area contributed by atoms with Gasteiger partial charge >= 0.3 is 5.97 Å². The van der Waals surface area contributed by atoms with Gasteiger partial charge in [0.2, 0.25) is 39.1 Å². The van der Waals surface area contributed by atoms with Crippen LogP contribution in [0.4, 0.5) is 5.95 Å². The molecule has 36 heteroatoms. The van der Waals surface area contributed by atoms with E-state index in [2.05, 4.69) is 46.2 Å². The number of carbonyl (C=O) groups excluding carboxylic acids is 5. The lowest BCUT2D eigenvalue weighted by molar-refractivity contribution is -0.138. The average Bonchev–Trinajstić information content (AvgIpc) is 2.22. The minimum atomic E-state index is -5.01. The number of aliphatic carboxylic acids is 1. The zero-order valence-electron chi connectivity index (χ0n) is 49.2. The van der Waals surface area contributed by atoms with Crippen molar-refractivity contribution in [2.75, 3.05) is 123 Å². The molecule has 0 saturated carbocycles. The number of ether oxygens (including phenoxy) is 1. The monoisotopic (exact) mass is 1300 g/mol. The van der Waals surface area contributed by atoms with E-state index in [9.17, 15) is 83.2 Å². The van der Waals surface area contributed by atoms with Gasteiger partial charge in [0.05, 0.1) is 23.6 Å². The first-order valence-electron chi connectivity index (χ1n) is 27.6. The molecular weight excluding hydrogens is 1220 g/mol. The van der Waals surface area contributed by atoms with E-state index < -0.39 is 120 Å². The van der Waals surface area contributed by atoms with Crippen LogP contribution in [-0.2, 0) is 67.8 Å². The number of aromatic nitrogens is 3. The summed E-state index contributed by atoms with van der Waals surface area (Å²) in [4.78, 5) is 106. The van der Waals surface area contributed by atoms with Gasteiger partial charge in [0.25, 0.3) is 26.1 Å². The standard InChI is InChI=1S/C52H78N14O19S3/c1-33-23-36(24-34(2)47(33)88(83,84)61-39(51(75)76)27-57-48(72)38-28-64(5)42-25-35(8-9-37(42)46(38)71)26-58-52-55-12-13-56-52)85-22-6-7-43(67)53-10-11-54-49(73)40(31-86(77,78)79)60-50(74)41(32-87(80,81)82)59-44(68)29-65-18-16-62(3)14-15-63(4)17-19-66(21-20-65)30-45(69)70/h8-9,12-13,23-25,28,39-41,45,61,69-70H,6-7,10-11,14-22,26-27,29-32H2,1-5H3,(H,53,67)(H,54,73)(H,57,72)(H,59,68)(H,60,74)(H,75,76)(H2,55,56,58)(H,77,78,79)(H,80,81,82). The fourth-order valence-corrected chi connectivity index (χ4v) is 12.2. The minimum absolute atomic E-state index is 0.0560. The van der Waals surface area contributed by atoms with Gasteiger partial charge in [-0.05, 0) is 75.3 Å². The first kappa shape index (κ1) is 71.5. The zero-order chi connectivity index (χ0) is 65.1. The largest absolute Gasteiger partial charge is 0.494 e. The third kappa shape index (κ3) is 23.7. The van der Waals surface area contributed by atoms with Crippen LogP contribution in [-0.4, -0.2) is 261 Å². The predicted molar refractivity (Wildman–Crippen MR) is 319 cm³/mol. The number of nitrogens with zero attached hydrogens (tertiary/aromatic N) is 6. The molecule has 4 aromatic rings. The molecular formula is C52H78N14O19S3. The predicted octanol–water partition coefficient (Wildman–Crippen LogP) is -4.42. The van der Waals surface area contributed by atoms with Crippen LogP contribution in [0.15, 0.2) is 58.6 Å². The fraction of sp³-hybridized carbons (Fsp3) is 0.538. The number of likely N-dealkylation sites (N-methyl/N-ethyl adjacent to an activating group) is 2. The number of aryl methyl sites for hydroxylation is 3. The molecule has 1 saturated heterocycles. The highest BCUT2D eigenvalue weighted by atomic mass is 32.2. The summed E-state index contributed by atoms with van der Waals surface area (Å²) in [5, 5.41) is 43.9. The highest BCUT2D eigenvalue weighted by Gasteiger charge is 2.34. The third-order valence-corrected chi connectivity index (χ3v) is 17.1. The smallest absolute Gasteiger partial charge is 0.323 e. The zero-order valence-corrected chi connectivity index (χ0v) is 51.7. The maximum absolute atomic E-state index is 13.7. The molecule has 0 radical (unpaired) electrons. The Labute approximate surface area is 508 Å². The first-order chi connectivity index (χ1) is 41.3. The first-order valence-corrected chi connectivity index (χ1v) is 32.3. The van der Waals surface area contributed by atoms with E-state index in [-0.39, 0.29) is 84.9 Å². The number of H-pyrrole nitrogens is 1. The van der Waals surface area contributed by atoms with Gasteiger partial charge in [-0.2, -0.15) is 21.6 Å². The van der Waals surface area contributed by atoms with E-state index in [4.69, 9.17) is 4.74 Å². The van der Waals surface area contributed by atoms with Gasteiger partial charge in [-0.1, -0.05) is 6.07 Å². The second-order valence-corrected chi connectivity index (χ2v) is 25.8. The van der Waals surface area contributed by atoms with Gasteiger partial charge in [0.15, 0.2) is 12.2 Å². The molecule has 5 amide bonds. The number of carbonyl (C=O) groups is 6. The Morgan fingerprint density at radius 3 is 1.93 bits per heavy atom. The van der Waals surface area contributed by atoms with E-state index >= 15 is 0 Å². The normalized spacial score (nSPS) is 15.7. The van der Waals surface area contributed by atoms with Crippen LogP contribution in [0.5, 0.6) is 5.75 Å². The number of imidazole rings is 1. The Morgan fingerprint density at radius 1 is 0.739 bits per heavy atom. The second-order valence-electron chi connectivity index (χ2n) is 21.2. The summed E-state index contributed by atoms with van der Waals surface area (Å²) in [6.45, 7) is 5.11. The summed E-state index contributed by atoms with van der Waals surface area (Å²) in [5.41, 5.74) is 0.702. The molecule has 3 unspecified atom stereocenters. The Morgan fingerprint density at radius 2 is 1.33 bits per heavy atom. The van der Waals surface area contributed by atoms with Crippen molar-refractivity contribution in [3.05, 3.63) is 81.4 Å². The van der Waals surface area contributed by atoms with Gasteiger partial charge in [0, 0.05) is 123 Å². The number of anilines is 1. The molecule has 3 atom stereocenters. The number of hydrogen-bond donors (Lipinski definition) is 13. The van der Waals surface area contributed by atoms with Gasteiger partial charge < -0.3 is 71.3 Å². The van der Waals surface area contributed by atoms with Gasteiger partial charge in [-0.15, -0.1) is 0 Å². The molecule has 33 nitrogen and oxygen atoms in total. The van der Waals surface area contributed by atoms with Crippen LogP contribution >= 0.6 is 0 Å². The van der Waals surface area contributed by atoms with Crippen LogP contribution in [0.1, 0.15) is 39.9 Å². The number of amides is 5. The van der Waals surface area contributed by atoms with Crippen molar-refractivity contribution < 1.29 is 83.2 Å². The van der Waals surface area contributed by atoms with E-state index in [1.807, 2.05) is 24.3 Å². The molecule has 0 bridgehead atoms. The van der Waals surface area contributed by atoms with E-state index in [1.54, 1.807) is 52.0 Å². The summed E-state index contributed by atoms with van der Waals surface area (Å²) in [6.07, 6.45) is 2.89. The van der Waals surface area contributed by atoms with Crippen molar-refractivity contribution in [3.8, 4) is 5.75 Å². The molecule has 488 valence electrons. The van der Waals surface area contributed by atoms with E-state index in [0.29, 0.717) is 57.3 Å².